The van der Waals surface area contributed by atoms with E-state index in [1.54, 1.807) is 6.92 Å². The summed E-state index contributed by atoms with van der Waals surface area (Å²) >= 11 is 0. The van der Waals surface area contributed by atoms with Crippen molar-refractivity contribution in [2.45, 2.75) is 6.92 Å². The van der Waals surface area contributed by atoms with Gasteiger partial charge in [0.25, 0.3) is 0 Å². The summed E-state index contributed by atoms with van der Waals surface area (Å²) < 4.78 is 4.31. The fraction of sp³-hybridized carbons (Fsp3) is 0.750. The van der Waals surface area contributed by atoms with Crippen LogP contribution >= 0.6 is 0 Å². The second-order valence-corrected chi connectivity index (χ2v) is 1.54. The molecule has 0 aromatic heterocycles. The van der Waals surface area contributed by atoms with E-state index in [1.807, 2.05) is 0 Å². The lowest BCUT2D eigenvalue weighted by Crippen LogP contribution is -2.32. The first-order valence-corrected chi connectivity index (χ1v) is 3.02. The van der Waals surface area contributed by atoms with Crippen LogP contribution in [0.1, 0.15) is 6.92 Å². The van der Waals surface area contributed by atoms with E-state index in [0.29, 0.717) is 0 Å². The van der Waals surface area contributed by atoms with Crippen LogP contribution in [0.4, 0.5) is 4.79 Å². The molecule has 0 aliphatic heterocycles. The molecule has 1 amide bonds. The van der Waals surface area contributed by atoms with E-state index in [9.17, 15) is 14.9 Å². The van der Waals surface area contributed by atoms with Crippen LogP contribution in [0.2, 0.25) is 0 Å². The Morgan fingerprint density at radius 2 is 2.15 bits per heavy atom. The molecular formula is C4H9N3O6. The highest BCUT2D eigenvalue weighted by Gasteiger charge is 2.18. The number of nitrogens with zero attached hydrogens (tertiary/aromatic N) is 3. The molecule has 0 aromatic rings. The number of carbonyl (C=O) groups excluding carboxylic acids is 1. The van der Waals surface area contributed by atoms with Crippen LogP contribution in [0.3, 0.4) is 0 Å². The van der Waals surface area contributed by atoms with Gasteiger partial charge in [0.05, 0.1) is 13.7 Å². The van der Waals surface area contributed by atoms with Crippen molar-refractivity contribution in [1.29, 1.82) is 0 Å². The number of hydrogen-bond donors (Lipinski definition) is 1. The first-order chi connectivity index (χ1) is 6.01. The maximum Gasteiger partial charge on any atom is 0.467 e. The highest BCUT2D eigenvalue weighted by Crippen LogP contribution is 1.88. The van der Waals surface area contributed by atoms with Crippen molar-refractivity contribution in [2.75, 3.05) is 13.7 Å². The van der Waals surface area contributed by atoms with Gasteiger partial charge in [-0.2, -0.15) is 0 Å². The molecule has 9 heteroatoms. The third kappa shape index (κ3) is 7.97. The summed E-state index contributed by atoms with van der Waals surface area (Å²) in [4.78, 5) is 28.4. The molecule has 0 heterocycles. The lowest BCUT2D eigenvalue weighted by atomic mass is 10.9. The first kappa shape index (κ1) is 13.6. The second-order valence-electron chi connectivity index (χ2n) is 1.54. The van der Waals surface area contributed by atoms with Crippen molar-refractivity contribution in [1.82, 2.24) is 5.01 Å². The van der Waals surface area contributed by atoms with E-state index in [0.717, 1.165) is 7.05 Å². The fourth-order valence-electron chi connectivity index (χ4n) is 0.284. The third-order valence-electron chi connectivity index (χ3n) is 0.777. The van der Waals surface area contributed by atoms with Crippen LogP contribution in [0, 0.1) is 15.0 Å². The Bertz CT molecular complexity index is 183. The van der Waals surface area contributed by atoms with E-state index < -0.39 is 11.1 Å². The molecule has 0 bridgehead atoms. The van der Waals surface area contributed by atoms with E-state index in [-0.39, 0.29) is 11.6 Å². The molecule has 0 unspecified atom stereocenters. The lowest BCUT2D eigenvalue weighted by Gasteiger charge is -2.04. The summed E-state index contributed by atoms with van der Waals surface area (Å²) in [5.41, 5.74) is 0. The minimum atomic E-state index is -0.951. The fourth-order valence-corrected chi connectivity index (χ4v) is 0.284. The van der Waals surface area contributed by atoms with E-state index in [2.05, 4.69) is 4.74 Å². The maximum absolute atomic E-state index is 10.4. The summed E-state index contributed by atoms with van der Waals surface area (Å²) in [6.07, 6.45) is -0.951. The zero-order valence-electron chi connectivity index (χ0n) is 7.04. The molecule has 0 fully saturated rings. The Morgan fingerprint density at radius 3 is 2.38 bits per heavy atom. The number of carbonyl (C=O) groups is 1. The molecule has 0 saturated heterocycles. The summed E-state index contributed by atoms with van der Waals surface area (Å²) in [6.45, 7) is 1.71. The Labute approximate surface area is 72.9 Å². The first-order valence-electron chi connectivity index (χ1n) is 3.02. The van der Waals surface area contributed by atoms with E-state index in [4.69, 9.17) is 10.1 Å². The van der Waals surface area contributed by atoms with Crippen molar-refractivity contribution in [3.8, 4) is 0 Å². The summed E-state index contributed by atoms with van der Waals surface area (Å²) in [7, 11) is 1.03. The minimum absolute atomic E-state index is 0.136. The number of rotatable bonds is 2. The standard InChI is InChI=1S/C4H8N2O4.HNO2/c1-3-10-4(7)5(2)6(8)9;2-1-3/h3H2,1-2H3;(H,2,3). The van der Waals surface area contributed by atoms with Gasteiger partial charge in [-0.1, -0.05) is 0 Å². The molecular weight excluding hydrogens is 186 g/mol. The molecule has 0 radical (unpaired) electrons. The van der Waals surface area contributed by atoms with Gasteiger partial charge in [-0.3, -0.25) is 0 Å². The smallest absolute Gasteiger partial charge is 0.446 e. The Hall–Kier alpha value is -1.93. The normalized spacial score (nSPS) is 7.54. The van der Waals surface area contributed by atoms with Crippen LogP contribution in [-0.2, 0) is 4.74 Å². The van der Waals surface area contributed by atoms with Crippen LogP contribution in [-0.4, -0.2) is 35.0 Å². The molecule has 0 saturated carbocycles. The van der Waals surface area contributed by atoms with Crippen molar-refractivity contribution < 1.29 is 19.8 Å². The zero-order chi connectivity index (χ0) is 10.9. The average Bonchev–Trinajstić information content (AvgIpc) is 2.04. The maximum atomic E-state index is 10.4. The van der Waals surface area contributed by atoms with E-state index in [1.165, 1.54) is 5.34 Å². The Balaban J connectivity index is 0. The van der Waals surface area contributed by atoms with Crippen LogP contribution in [0.5, 0.6) is 0 Å². The van der Waals surface area contributed by atoms with Crippen molar-refractivity contribution in [3.05, 3.63) is 15.0 Å². The highest BCUT2D eigenvalue weighted by molar-refractivity contribution is 5.65. The third-order valence-corrected chi connectivity index (χ3v) is 0.777. The van der Waals surface area contributed by atoms with Crippen molar-refractivity contribution >= 4 is 6.09 Å². The highest BCUT2D eigenvalue weighted by atomic mass is 16.7. The van der Waals surface area contributed by atoms with Crippen molar-refractivity contribution in [3.63, 3.8) is 0 Å². The molecule has 0 rings (SSSR count). The van der Waals surface area contributed by atoms with Crippen LogP contribution in [0.15, 0.2) is 5.34 Å². The Morgan fingerprint density at radius 1 is 1.77 bits per heavy atom. The van der Waals surface area contributed by atoms with Gasteiger partial charge in [0.15, 0.2) is 10.4 Å². The number of hydrazine groups is 1. The van der Waals surface area contributed by atoms with Crippen LogP contribution in [0.25, 0.3) is 0 Å². The van der Waals surface area contributed by atoms with E-state index >= 15 is 0 Å². The minimum Gasteiger partial charge on any atom is -0.446 e. The topological polar surface area (TPSA) is 122 Å². The molecule has 0 aliphatic carbocycles. The van der Waals surface area contributed by atoms with Gasteiger partial charge in [-0.15, -0.1) is 4.91 Å². The summed E-state index contributed by atoms with van der Waals surface area (Å²) in [6, 6.07) is 0. The second kappa shape index (κ2) is 8.17. The number of ether oxygens (including phenoxy) is 1. The van der Waals surface area contributed by atoms with Gasteiger partial charge in [0.2, 0.25) is 0 Å². The van der Waals surface area contributed by atoms with Gasteiger partial charge in [-0.05, 0) is 11.9 Å². The molecule has 13 heavy (non-hydrogen) atoms. The average molecular weight is 195 g/mol. The van der Waals surface area contributed by atoms with Gasteiger partial charge in [0, 0.05) is 0 Å². The van der Waals surface area contributed by atoms with Crippen molar-refractivity contribution in [2.24, 2.45) is 5.34 Å². The molecule has 0 aliphatic rings. The number of hydrogen-bond acceptors (Lipinski definition) is 6. The van der Waals surface area contributed by atoms with Gasteiger partial charge in [-0.25, -0.2) is 14.9 Å². The molecule has 0 spiro atoms. The quantitative estimate of drug-likeness (QED) is 0.386. The predicted molar refractivity (Wildman–Crippen MR) is 39.4 cm³/mol. The molecule has 0 aromatic carbocycles. The number of nitro groups is 1. The molecule has 1 N–H and O–H groups in total. The van der Waals surface area contributed by atoms with Gasteiger partial charge >= 0.3 is 6.09 Å². The lowest BCUT2D eigenvalue weighted by molar-refractivity contribution is -0.628. The molecule has 0 atom stereocenters. The summed E-state index contributed by atoms with van der Waals surface area (Å²) in [5.74, 6) is 0. The van der Waals surface area contributed by atoms with Crippen LogP contribution < -0.4 is 0 Å². The van der Waals surface area contributed by atoms with Gasteiger partial charge < -0.3 is 9.94 Å². The zero-order valence-corrected chi connectivity index (χ0v) is 7.04. The Kier molecular flexibility index (Phi) is 8.57. The predicted octanol–water partition coefficient (Wildman–Crippen LogP) is 0.408. The SMILES string of the molecule is CCOC(=O)N(C)[N+](=O)[O-].O=NO. The largest absolute Gasteiger partial charge is 0.467 e. The molecule has 9 nitrogen and oxygen atoms in total. The number of amides is 1. The van der Waals surface area contributed by atoms with Gasteiger partial charge in [0.1, 0.15) is 0 Å². The monoisotopic (exact) mass is 195 g/mol. The molecule has 76 valence electrons. The summed E-state index contributed by atoms with van der Waals surface area (Å²) in [5, 5.41) is 17.2.